The van der Waals surface area contributed by atoms with Crippen LogP contribution >= 0.6 is 21.6 Å². The first-order valence-corrected chi connectivity index (χ1v) is 8.79. The molecule has 7 nitrogen and oxygen atoms in total. The monoisotopic (exact) mass is 344 g/mol. The number of amides is 2. The van der Waals surface area contributed by atoms with Crippen molar-refractivity contribution in [3.8, 4) is 0 Å². The SMILES string of the molecule is O=C(O)CCCSSc1ccccn1.O=C1CCC(=O)N1O. The fourth-order valence-electron chi connectivity index (χ4n) is 1.35. The van der Waals surface area contributed by atoms with Crippen molar-refractivity contribution < 1.29 is 24.7 Å². The van der Waals surface area contributed by atoms with Crippen LogP contribution in [0.15, 0.2) is 29.4 Å². The lowest BCUT2D eigenvalue weighted by atomic mass is 10.3. The average molecular weight is 344 g/mol. The molecular formula is C13H16N2O5S2. The summed E-state index contributed by atoms with van der Waals surface area (Å²) in [6, 6.07) is 5.75. The molecule has 0 atom stereocenters. The molecule has 2 heterocycles. The molecule has 1 aliphatic heterocycles. The second-order valence-corrected chi connectivity index (χ2v) is 6.61. The van der Waals surface area contributed by atoms with Gasteiger partial charge in [-0.25, -0.2) is 4.98 Å². The van der Waals surface area contributed by atoms with Gasteiger partial charge in [-0.1, -0.05) is 16.9 Å². The quantitative estimate of drug-likeness (QED) is 0.350. The first-order valence-electron chi connectivity index (χ1n) is 6.47. The van der Waals surface area contributed by atoms with Crippen LogP contribution < -0.4 is 0 Å². The Bertz CT molecular complexity index is 496. The molecule has 0 radical (unpaired) electrons. The third kappa shape index (κ3) is 7.43. The van der Waals surface area contributed by atoms with Crippen LogP contribution in [0.25, 0.3) is 0 Å². The molecule has 0 unspecified atom stereocenters. The largest absolute Gasteiger partial charge is 0.481 e. The molecule has 2 N–H and O–H groups in total. The number of imide groups is 1. The Hall–Kier alpha value is -1.58. The van der Waals surface area contributed by atoms with Gasteiger partial charge in [0, 0.05) is 31.2 Å². The van der Waals surface area contributed by atoms with Gasteiger partial charge in [0.1, 0.15) is 5.03 Å². The molecule has 1 fully saturated rings. The Morgan fingerprint density at radius 3 is 2.41 bits per heavy atom. The van der Waals surface area contributed by atoms with E-state index in [4.69, 9.17) is 10.3 Å². The van der Waals surface area contributed by atoms with E-state index >= 15 is 0 Å². The van der Waals surface area contributed by atoms with Gasteiger partial charge < -0.3 is 5.11 Å². The van der Waals surface area contributed by atoms with Crippen LogP contribution in [0, 0.1) is 0 Å². The molecule has 0 aromatic carbocycles. The summed E-state index contributed by atoms with van der Waals surface area (Å²) in [5.41, 5.74) is 0. The van der Waals surface area contributed by atoms with E-state index < -0.39 is 17.8 Å². The van der Waals surface area contributed by atoms with Gasteiger partial charge in [0.2, 0.25) is 0 Å². The number of nitrogens with zero attached hydrogens (tertiary/aromatic N) is 2. The standard InChI is InChI=1S/C9H11NO2S2.C4H5NO3/c11-9(12)5-3-7-13-14-8-4-1-2-6-10-8;6-3-1-2-4(7)5(3)8/h1-2,4,6H,3,5,7H2,(H,11,12);8H,1-2H2. The summed E-state index contributed by atoms with van der Waals surface area (Å²) >= 11 is 0. The van der Waals surface area contributed by atoms with Crippen molar-refractivity contribution in [2.24, 2.45) is 0 Å². The van der Waals surface area contributed by atoms with Crippen molar-refractivity contribution in [1.29, 1.82) is 0 Å². The predicted molar refractivity (Wildman–Crippen MR) is 82.3 cm³/mol. The molecular weight excluding hydrogens is 328 g/mol. The highest BCUT2D eigenvalue weighted by Crippen LogP contribution is 2.29. The summed E-state index contributed by atoms with van der Waals surface area (Å²) in [6.07, 6.45) is 3.00. The van der Waals surface area contributed by atoms with E-state index in [-0.39, 0.29) is 24.3 Å². The third-order valence-corrected chi connectivity index (χ3v) is 4.78. The zero-order chi connectivity index (χ0) is 16.4. The van der Waals surface area contributed by atoms with Gasteiger partial charge in [0.25, 0.3) is 11.8 Å². The predicted octanol–water partition coefficient (Wildman–Crippen LogP) is 2.21. The maximum atomic E-state index is 10.2. The number of hydrogen-bond acceptors (Lipinski definition) is 7. The minimum Gasteiger partial charge on any atom is -0.481 e. The highest BCUT2D eigenvalue weighted by molar-refractivity contribution is 8.76. The van der Waals surface area contributed by atoms with E-state index in [1.807, 2.05) is 18.2 Å². The molecule has 0 bridgehead atoms. The molecule has 2 amide bonds. The maximum Gasteiger partial charge on any atom is 0.303 e. The molecule has 22 heavy (non-hydrogen) atoms. The first-order chi connectivity index (χ1) is 10.5. The normalized spacial score (nSPS) is 13.8. The molecule has 9 heteroatoms. The highest BCUT2D eigenvalue weighted by Gasteiger charge is 2.26. The number of carbonyl (C=O) groups is 3. The Morgan fingerprint density at radius 2 is 1.95 bits per heavy atom. The number of carboxylic acids is 1. The fraction of sp³-hybridized carbons (Fsp3) is 0.385. The van der Waals surface area contributed by atoms with Gasteiger partial charge in [0.15, 0.2) is 0 Å². The van der Waals surface area contributed by atoms with Crippen molar-refractivity contribution in [3.05, 3.63) is 24.4 Å². The Balaban J connectivity index is 0.000000255. The summed E-state index contributed by atoms with van der Waals surface area (Å²) in [5, 5.41) is 17.9. The van der Waals surface area contributed by atoms with Crippen molar-refractivity contribution in [2.75, 3.05) is 5.75 Å². The molecule has 0 spiro atoms. The highest BCUT2D eigenvalue weighted by atomic mass is 33.1. The lowest BCUT2D eigenvalue weighted by molar-refractivity contribution is -0.171. The summed E-state index contributed by atoms with van der Waals surface area (Å²) in [4.78, 5) is 34.8. The smallest absolute Gasteiger partial charge is 0.303 e. The van der Waals surface area contributed by atoms with Crippen LogP contribution in [0.3, 0.4) is 0 Å². The zero-order valence-electron chi connectivity index (χ0n) is 11.7. The van der Waals surface area contributed by atoms with Gasteiger partial charge >= 0.3 is 5.97 Å². The third-order valence-electron chi connectivity index (χ3n) is 2.43. The topological polar surface area (TPSA) is 108 Å². The molecule has 0 saturated carbocycles. The second kappa shape index (κ2) is 10.2. The summed E-state index contributed by atoms with van der Waals surface area (Å²) < 4.78 is 0. The lowest BCUT2D eigenvalue weighted by Crippen LogP contribution is -2.24. The summed E-state index contributed by atoms with van der Waals surface area (Å²) in [5.74, 6) is -0.897. The number of hydrogen-bond donors (Lipinski definition) is 2. The second-order valence-electron chi connectivity index (χ2n) is 4.17. The first kappa shape index (κ1) is 18.5. The fourth-order valence-corrected chi connectivity index (χ4v) is 3.31. The number of aliphatic carboxylic acids is 1. The van der Waals surface area contributed by atoms with Crippen LogP contribution in [0.1, 0.15) is 25.7 Å². The number of aromatic nitrogens is 1. The molecule has 2 rings (SSSR count). The lowest BCUT2D eigenvalue weighted by Gasteiger charge is -1.98. The molecule has 1 aromatic rings. The van der Waals surface area contributed by atoms with Gasteiger partial charge in [-0.05, 0) is 29.3 Å². The summed E-state index contributed by atoms with van der Waals surface area (Å²) in [6.45, 7) is 0. The van der Waals surface area contributed by atoms with E-state index in [0.717, 1.165) is 10.8 Å². The minimum absolute atomic E-state index is 0.148. The molecule has 1 saturated heterocycles. The van der Waals surface area contributed by atoms with Crippen LogP contribution in [0.5, 0.6) is 0 Å². The van der Waals surface area contributed by atoms with E-state index in [1.165, 1.54) is 0 Å². The molecule has 0 aliphatic carbocycles. The number of carbonyl (C=O) groups excluding carboxylic acids is 2. The van der Waals surface area contributed by atoms with Crippen molar-refractivity contribution >= 4 is 39.4 Å². The van der Waals surface area contributed by atoms with Crippen LogP contribution in [0.2, 0.25) is 0 Å². The summed E-state index contributed by atoms with van der Waals surface area (Å²) in [7, 11) is 3.22. The molecule has 120 valence electrons. The number of hydroxylamine groups is 2. The van der Waals surface area contributed by atoms with Crippen molar-refractivity contribution in [3.63, 3.8) is 0 Å². The number of rotatable bonds is 6. The van der Waals surface area contributed by atoms with Crippen molar-refractivity contribution in [1.82, 2.24) is 10.0 Å². The molecule has 1 aromatic heterocycles. The Labute approximate surface area is 135 Å². The Morgan fingerprint density at radius 1 is 1.27 bits per heavy atom. The number of carboxylic acid groups (broad SMARTS) is 1. The van der Waals surface area contributed by atoms with Crippen molar-refractivity contribution in [2.45, 2.75) is 30.7 Å². The maximum absolute atomic E-state index is 10.2. The van der Waals surface area contributed by atoms with Gasteiger partial charge in [-0.15, -0.1) is 0 Å². The Kier molecular flexibility index (Phi) is 8.56. The molecule has 1 aliphatic rings. The van der Waals surface area contributed by atoms with E-state index in [9.17, 15) is 14.4 Å². The van der Waals surface area contributed by atoms with Gasteiger partial charge in [0.05, 0.1) is 0 Å². The zero-order valence-corrected chi connectivity index (χ0v) is 13.3. The number of pyridine rings is 1. The van der Waals surface area contributed by atoms with E-state index in [2.05, 4.69) is 4.98 Å². The van der Waals surface area contributed by atoms with E-state index in [1.54, 1.807) is 27.8 Å². The van der Waals surface area contributed by atoms with Gasteiger partial charge in [-0.3, -0.25) is 19.6 Å². The minimum atomic E-state index is -0.728. The van der Waals surface area contributed by atoms with Crippen LogP contribution in [-0.2, 0) is 14.4 Å². The van der Waals surface area contributed by atoms with E-state index in [0.29, 0.717) is 6.42 Å². The van der Waals surface area contributed by atoms with Crippen LogP contribution in [0.4, 0.5) is 0 Å². The average Bonchev–Trinajstić information content (AvgIpc) is 2.80. The van der Waals surface area contributed by atoms with Crippen LogP contribution in [-0.4, -0.2) is 43.9 Å². The van der Waals surface area contributed by atoms with Gasteiger partial charge in [-0.2, -0.15) is 5.06 Å².